The number of ether oxygens (including phenoxy) is 1. The van der Waals surface area contributed by atoms with Crippen molar-refractivity contribution in [1.82, 2.24) is 31.2 Å². The molecule has 3 aromatic rings. The molecule has 0 aliphatic carbocycles. The van der Waals surface area contributed by atoms with E-state index in [0.29, 0.717) is 26.3 Å². The maximum atomic E-state index is 13.2. The molecule has 4 amide bonds. The van der Waals surface area contributed by atoms with Gasteiger partial charge in [0.25, 0.3) is 5.91 Å². The van der Waals surface area contributed by atoms with Crippen LogP contribution in [-0.2, 0) is 41.7 Å². The van der Waals surface area contributed by atoms with E-state index in [0.717, 1.165) is 22.0 Å². The standard InChI is InChI=1S/C30H36N6O6/c1-20(34-27(38)19-36-11-13-42-14-12-36)28(39)35-25(15-22-17-31-24-10-6-5-9-23(22)24)29(40)33-18-26(37)30(41)32-16-21-7-3-2-4-8-21/h2-10,17,20,25,31H,11-16,18-19H2,1H3,(H,32,41)(H,33,40)(H,34,38)(H,35,39)/t20-,25?/m0/s1. The summed E-state index contributed by atoms with van der Waals surface area (Å²) in [7, 11) is 0. The van der Waals surface area contributed by atoms with Gasteiger partial charge in [-0.15, -0.1) is 0 Å². The van der Waals surface area contributed by atoms with Gasteiger partial charge < -0.3 is 31.0 Å². The van der Waals surface area contributed by atoms with Crippen molar-refractivity contribution in [1.29, 1.82) is 0 Å². The van der Waals surface area contributed by atoms with Crippen molar-refractivity contribution in [3.05, 3.63) is 71.9 Å². The lowest BCUT2D eigenvalue weighted by atomic mass is 10.0. The number of aromatic nitrogens is 1. The third kappa shape index (κ3) is 8.72. The molecule has 2 atom stereocenters. The topological polar surface area (TPSA) is 162 Å². The molecule has 4 rings (SSSR count). The van der Waals surface area contributed by atoms with Crippen molar-refractivity contribution >= 4 is 40.3 Å². The van der Waals surface area contributed by atoms with Crippen LogP contribution in [0.2, 0.25) is 0 Å². The number of hydrogen-bond acceptors (Lipinski definition) is 7. The van der Waals surface area contributed by atoms with E-state index in [1.165, 1.54) is 6.92 Å². The first-order valence-electron chi connectivity index (χ1n) is 13.9. The Labute approximate surface area is 243 Å². The Bertz CT molecular complexity index is 1400. The normalized spacial score (nSPS) is 14.9. The van der Waals surface area contributed by atoms with Gasteiger partial charge >= 0.3 is 0 Å². The summed E-state index contributed by atoms with van der Waals surface area (Å²) >= 11 is 0. The van der Waals surface area contributed by atoms with Gasteiger partial charge in [-0.05, 0) is 24.1 Å². The third-order valence-corrected chi connectivity index (χ3v) is 6.95. The molecule has 1 aliphatic heterocycles. The molecule has 5 N–H and O–H groups in total. The average Bonchev–Trinajstić information content (AvgIpc) is 3.41. The summed E-state index contributed by atoms with van der Waals surface area (Å²) in [5.41, 5.74) is 2.48. The number of carbonyl (C=O) groups is 5. The molecule has 12 heteroatoms. The van der Waals surface area contributed by atoms with Crippen LogP contribution in [0, 0.1) is 0 Å². The summed E-state index contributed by atoms with van der Waals surface area (Å²) in [5.74, 6) is -3.15. The van der Waals surface area contributed by atoms with Crippen LogP contribution in [0.25, 0.3) is 10.9 Å². The van der Waals surface area contributed by atoms with E-state index in [9.17, 15) is 24.0 Å². The number of rotatable bonds is 13. The predicted octanol–water partition coefficient (Wildman–Crippen LogP) is 0.0338. The molecule has 1 saturated heterocycles. The second kappa shape index (κ2) is 14.9. The number of benzene rings is 2. The molecule has 12 nitrogen and oxygen atoms in total. The molecule has 1 unspecified atom stereocenters. The Hall–Kier alpha value is -4.55. The Morgan fingerprint density at radius 1 is 0.905 bits per heavy atom. The van der Waals surface area contributed by atoms with Crippen molar-refractivity contribution < 1.29 is 28.7 Å². The second-order valence-electron chi connectivity index (χ2n) is 10.1. The number of nitrogens with zero attached hydrogens (tertiary/aromatic N) is 1. The number of H-pyrrole nitrogens is 1. The van der Waals surface area contributed by atoms with Crippen LogP contribution >= 0.6 is 0 Å². The molecule has 0 bridgehead atoms. The lowest BCUT2D eigenvalue weighted by molar-refractivity contribution is -0.138. The Kier molecular flexibility index (Phi) is 10.8. The molecule has 42 heavy (non-hydrogen) atoms. The number of nitrogens with one attached hydrogen (secondary N) is 5. The molecular formula is C30H36N6O6. The van der Waals surface area contributed by atoms with Crippen molar-refractivity contribution in [3.63, 3.8) is 0 Å². The second-order valence-corrected chi connectivity index (χ2v) is 10.1. The van der Waals surface area contributed by atoms with E-state index in [2.05, 4.69) is 26.3 Å². The van der Waals surface area contributed by atoms with Crippen LogP contribution < -0.4 is 21.3 Å². The van der Waals surface area contributed by atoms with E-state index in [4.69, 9.17) is 4.74 Å². The first kappa shape index (κ1) is 30.4. The van der Waals surface area contributed by atoms with Gasteiger partial charge in [0.1, 0.15) is 12.1 Å². The van der Waals surface area contributed by atoms with E-state index >= 15 is 0 Å². The van der Waals surface area contributed by atoms with Gasteiger partial charge in [0.05, 0.1) is 26.3 Å². The fourth-order valence-corrected chi connectivity index (χ4v) is 4.59. The fraction of sp³-hybridized carbons (Fsp3) is 0.367. The van der Waals surface area contributed by atoms with Crippen LogP contribution in [0.15, 0.2) is 60.8 Å². The number of amides is 4. The van der Waals surface area contributed by atoms with Gasteiger partial charge in [-0.1, -0.05) is 48.5 Å². The van der Waals surface area contributed by atoms with E-state index in [1.807, 2.05) is 59.5 Å². The molecule has 0 saturated carbocycles. The van der Waals surface area contributed by atoms with Gasteiger partial charge in [0, 0.05) is 43.2 Å². The smallest absolute Gasteiger partial charge is 0.289 e. The highest BCUT2D eigenvalue weighted by Gasteiger charge is 2.27. The summed E-state index contributed by atoms with van der Waals surface area (Å²) < 4.78 is 5.29. The highest BCUT2D eigenvalue weighted by atomic mass is 16.5. The molecule has 1 fully saturated rings. The molecule has 0 spiro atoms. The molecule has 1 aliphatic rings. The van der Waals surface area contributed by atoms with E-state index in [-0.39, 0.29) is 25.4 Å². The zero-order valence-corrected chi connectivity index (χ0v) is 23.5. The molecule has 1 aromatic heterocycles. The first-order valence-corrected chi connectivity index (χ1v) is 13.9. The fourth-order valence-electron chi connectivity index (χ4n) is 4.59. The maximum absolute atomic E-state index is 13.2. The quantitative estimate of drug-likeness (QED) is 0.179. The highest BCUT2D eigenvalue weighted by Crippen LogP contribution is 2.19. The van der Waals surface area contributed by atoms with Crippen molar-refractivity contribution in [2.75, 3.05) is 39.4 Å². The van der Waals surface area contributed by atoms with Gasteiger partial charge in [0.2, 0.25) is 23.5 Å². The lowest BCUT2D eigenvalue weighted by Gasteiger charge is -2.26. The molecular weight excluding hydrogens is 540 g/mol. The van der Waals surface area contributed by atoms with Gasteiger partial charge in [-0.25, -0.2) is 0 Å². The number of morpholine rings is 1. The summed E-state index contributed by atoms with van der Waals surface area (Å²) in [6.07, 6.45) is 1.87. The van der Waals surface area contributed by atoms with Gasteiger partial charge in [-0.2, -0.15) is 0 Å². The maximum Gasteiger partial charge on any atom is 0.289 e. The third-order valence-electron chi connectivity index (χ3n) is 6.95. The highest BCUT2D eigenvalue weighted by molar-refractivity contribution is 6.37. The Morgan fingerprint density at radius 2 is 1.62 bits per heavy atom. The van der Waals surface area contributed by atoms with Crippen molar-refractivity contribution in [3.8, 4) is 0 Å². The summed E-state index contributed by atoms with van der Waals surface area (Å²) in [6.45, 7) is 3.66. The summed E-state index contributed by atoms with van der Waals surface area (Å²) in [4.78, 5) is 68.6. The zero-order chi connectivity index (χ0) is 29.9. The Morgan fingerprint density at radius 3 is 2.38 bits per heavy atom. The van der Waals surface area contributed by atoms with Crippen LogP contribution in [0.1, 0.15) is 18.1 Å². The number of para-hydroxylation sites is 1. The lowest BCUT2D eigenvalue weighted by Crippen LogP contribution is -2.55. The Balaban J connectivity index is 1.36. The molecule has 2 heterocycles. The summed E-state index contributed by atoms with van der Waals surface area (Å²) in [5, 5.41) is 11.3. The largest absolute Gasteiger partial charge is 0.379 e. The minimum Gasteiger partial charge on any atom is -0.379 e. The number of aromatic amines is 1. The van der Waals surface area contributed by atoms with E-state index < -0.39 is 42.1 Å². The minimum atomic E-state index is -1.07. The van der Waals surface area contributed by atoms with E-state index in [1.54, 1.807) is 6.20 Å². The SMILES string of the molecule is C[C@H](NC(=O)CN1CCOCC1)C(=O)NC(Cc1c[nH]c2ccccc12)C(=O)NCC(=O)C(=O)NCc1ccccc1. The number of carbonyl (C=O) groups excluding carboxylic acids is 5. The van der Waals surface area contributed by atoms with Crippen molar-refractivity contribution in [2.24, 2.45) is 0 Å². The molecule has 0 radical (unpaired) electrons. The number of fused-ring (bicyclic) bond motifs is 1. The minimum absolute atomic E-state index is 0.116. The first-order chi connectivity index (χ1) is 20.3. The predicted molar refractivity (Wildman–Crippen MR) is 155 cm³/mol. The van der Waals surface area contributed by atoms with Gasteiger partial charge in [-0.3, -0.25) is 28.9 Å². The van der Waals surface area contributed by atoms with Crippen LogP contribution in [0.3, 0.4) is 0 Å². The van der Waals surface area contributed by atoms with Crippen LogP contribution in [0.5, 0.6) is 0 Å². The zero-order valence-electron chi connectivity index (χ0n) is 23.5. The van der Waals surface area contributed by atoms with Gasteiger partial charge in [0.15, 0.2) is 0 Å². The number of ketones is 1. The number of Topliss-reactive ketones (excluding diaryl/α,β-unsaturated/α-hetero) is 1. The summed E-state index contributed by atoms with van der Waals surface area (Å²) in [6, 6.07) is 14.7. The number of hydrogen-bond donors (Lipinski definition) is 5. The van der Waals surface area contributed by atoms with Crippen LogP contribution in [0.4, 0.5) is 0 Å². The molecule has 222 valence electrons. The average molecular weight is 577 g/mol. The monoisotopic (exact) mass is 576 g/mol. The molecule has 2 aromatic carbocycles. The van der Waals surface area contributed by atoms with Crippen molar-refractivity contribution in [2.45, 2.75) is 32.0 Å². The van der Waals surface area contributed by atoms with Crippen LogP contribution in [-0.4, -0.2) is 90.8 Å².